The lowest BCUT2D eigenvalue weighted by Gasteiger charge is -2.09. The number of thioether (sulfide) groups is 1. The molecule has 1 aromatic heterocycles. The fourth-order valence-electron chi connectivity index (χ4n) is 2.91. The number of nitrogens with zero attached hydrogens (tertiary/aromatic N) is 1. The number of hydrogen-bond donors (Lipinski definition) is 1. The van der Waals surface area contributed by atoms with Crippen LogP contribution in [-0.4, -0.2) is 11.7 Å². The highest BCUT2D eigenvalue weighted by atomic mass is 32.2. The Kier molecular flexibility index (Phi) is 6.11. The number of anilines is 1. The van der Waals surface area contributed by atoms with Crippen molar-refractivity contribution in [2.45, 2.75) is 43.4 Å². The van der Waals surface area contributed by atoms with E-state index in [0.717, 1.165) is 48.3 Å². The number of thiophene rings is 1. The molecule has 1 heterocycles. The van der Waals surface area contributed by atoms with E-state index in [-0.39, 0.29) is 11.7 Å². The van der Waals surface area contributed by atoms with E-state index in [1.165, 1.54) is 17.0 Å². The first-order valence-corrected chi connectivity index (χ1v) is 10.2. The van der Waals surface area contributed by atoms with Gasteiger partial charge in [-0.05, 0) is 67.7 Å². The van der Waals surface area contributed by atoms with Gasteiger partial charge in [-0.25, -0.2) is 4.39 Å². The Morgan fingerprint density at radius 2 is 2.04 bits per heavy atom. The average molecular weight is 375 g/mol. The smallest absolute Gasteiger partial charge is 0.225 e. The van der Waals surface area contributed by atoms with Crippen LogP contribution in [0, 0.1) is 17.1 Å². The van der Waals surface area contributed by atoms with Crippen LogP contribution in [-0.2, 0) is 17.6 Å². The highest BCUT2D eigenvalue weighted by Gasteiger charge is 2.21. The minimum absolute atomic E-state index is 0.0465. The van der Waals surface area contributed by atoms with Crippen molar-refractivity contribution in [2.24, 2.45) is 0 Å². The van der Waals surface area contributed by atoms with Crippen molar-refractivity contribution in [2.75, 3.05) is 11.1 Å². The van der Waals surface area contributed by atoms with Gasteiger partial charge in [0.15, 0.2) is 0 Å². The molecule has 25 heavy (non-hydrogen) atoms. The lowest BCUT2D eigenvalue weighted by atomic mass is 9.96. The largest absolute Gasteiger partial charge is 0.317 e. The third-order valence-corrected chi connectivity index (χ3v) is 6.47. The van der Waals surface area contributed by atoms with Crippen LogP contribution in [0.25, 0.3) is 0 Å². The molecule has 0 saturated carbocycles. The van der Waals surface area contributed by atoms with Gasteiger partial charge >= 0.3 is 0 Å². The third-order valence-electron chi connectivity index (χ3n) is 4.17. The number of hydrogen-bond acceptors (Lipinski definition) is 4. The van der Waals surface area contributed by atoms with Gasteiger partial charge in [0, 0.05) is 16.2 Å². The lowest BCUT2D eigenvalue weighted by Crippen LogP contribution is -2.11. The van der Waals surface area contributed by atoms with Crippen LogP contribution in [0.3, 0.4) is 0 Å². The molecular formula is C19H19FN2OS2. The zero-order chi connectivity index (χ0) is 17.6. The van der Waals surface area contributed by atoms with Gasteiger partial charge in [-0.1, -0.05) is 0 Å². The van der Waals surface area contributed by atoms with E-state index in [2.05, 4.69) is 11.4 Å². The topological polar surface area (TPSA) is 52.9 Å². The summed E-state index contributed by atoms with van der Waals surface area (Å²) in [6.45, 7) is 0. The van der Waals surface area contributed by atoms with Crippen LogP contribution in [0.2, 0.25) is 0 Å². The molecule has 130 valence electrons. The molecule has 0 saturated heterocycles. The molecule has 3 nitrogen and oxygen atoms in total. The van der Waals surface area contributed by atoms with E-state index in [1.54, 1.807) is 35.2 Å². The second-order valence-corrected chi connectivity index (χ2v) is 8.25. The minimum atomic E-state index is -0.240. The summed E-state index contributed by atoms with van der Waals surface area (Å²) in [5.41, 5.74) is 1.80. The maximum absolute atomic E-state index is 12.9. The summed E-state index contributed by atoms with van der Waals surface area (Å²) in [5, 5.41) is 13.0. The first-order valence-electron chi connectivity index (χ1n) is 8.40. The second kappa shape index (κ2) is 8.50. The van der Waals surface area contributed by atoms with Crippen LogP contribution in [0.1, 0.15) is 41.7 Å². The number of carbonyl (C=O) groups is 1. The zero-order valence-electron chi connectivity index (χ0n) is 13.8. The van der Waals surface area contributed by atoms with Crippen LogP contribution >= 0.6 is 23.1 Å². The number of benzene rings is 1. The van der Waals surface area contributed by atoms with Gasteiger partial charge in [0.25, 0.3) is 0 Å². The fourth-order valence-corrected chi connectivity index (χ4v) is 5.02. The molecule has 3 rings (SSSR count). The van der Waals surface area contributed by atoms with Crippen molar-refractivity contribution in [1.82, 2.24) is 0 Å². The quantitative estimate of drug-likeness (QED) is 0.562. The Hall–Kier alpha value is -1.84. The lowest BCUT2D eigenvalue weighted by molar-refractivity contribution is -0.116. The standard InChI is InChI=1S/C19H19FN2OS2/c20-13-7-9-14(10-8-13)24-11-3-6-18(23)22-19-16(12-21)15-4-1-2-5-17(15)25-19/h7-10H,1-6,11H2,(H,22,23). The maximum atomic E-state index is 12.9. The van der Waals surface area contributed by atoms with Gasteiger partial charge in [-0.3, -0.25) is 4.79 Å². The summed E-state index contributed by atoms with van der Waals surface area (Å²) in [5.74, 6) is 0.510. The summed E-state index contributed by atoms with van der Waals surface area (Å²) in [6.07, 6.45) is 5.39. The van der Waals surface area contributed by atoms with Crippen molar-refractivity contribution in [1.29, 1.82) is 5.26 Å². The maximum Gasteiger partial charge on any atom is 0.225 e. The molecule has 0 bridgehead atoms. The van der Waals surface area contributed by atoms with Gasteiger partial charge in [0.05, 0.1) is 5.56 Å². The Morgan fingerprint density at radius 3 is 2.80 bits per heavy atom. The number of nitriles is 1. The first kappa shape index (κ1) is 18.0. The monoisotopic (exact) mass is 374 g/mol. The Morgan fingerprint density at radius 1 is 1.28 bits per heavy atom. The molecule has 0 aliphatic heterocycles. The van der Waals surface area contributed by atoms with E-state index in [1.807, 2.05) is 0 Å². The molecular weight excluding hydrogens is 355 g/mol. The molecule has 0 radical (unpaired) electrons. The van der Waals surface area contributed by atoms with Crippen molar-refractivity contribution in [3.05, 3.63) is 46.1 Å². The van der Waals surface area contributed by atoms with Gasteiger partial charge in [0.1, 0.15) is 16.9 Å². The number of nitrogens with one attached hydrogen (secondary N) is 1. The van der Waals surface area contributed by atoms with Crippen LogP contribution in [0.5, 0.6) is 0 Å². The summed E-state index contributed by atoms with van der Waals surface area (Å²) in [7, 11) is 0. The summed E-state index contributed by atoms with van der Waals surface area (Å²) in [6, 6.07) is 8.64. The van der Waals surface area contributed by atoms with E-state index in [9.17, 15) is 14.4 Å². The highest BCUT2D eigenvalue weighted by molar-refractivity contribution is 7.99. The Labute approximate surface area is 155 Å². The van der Waals surface area contributed by atoms with Gasteiger partial charge < -0.3 is 5.32 Å². The van der Waals surface area contributed by atoms with Crippen LogP contribution in [0.15, 0.2) is 29.2 Å². The molecule has 1 N–H and O–H groups in total. The number of rotatable bonds is 6. The molecule has 6 heteroatoms. The van der Waals surface area contributed by atoms with E-state index >= 15 is 0 Å². The number of carbonyl (C=O) groups excluding carboxylic acids is 1. The van der Waals surface area contributed by atoms with Crippen molar-refractivity contribution < 1.29 is 9.18 Å². The number of halogens is 1. The molecule has 1 aliphatic carbocycles. The molecule has 1 aliphatic rings. The van der Waals surface area contributed by atoms with Crippen molar-refractivity contribution in [3.8, 4) is 6.07 Å². The first-order chi connectivity index (χ1) is 12.2. The van der Waals surface area contributed by atoms with Gasteiger partial charge in [-0.2, -0.15) is 5.26 Å². The molecule has 1 amide bonds. The highest BCUT2D eigenvalue weighted by Crippen LogP contribution is 2.37. The van der Waals surface area contributed by atoms with E-state index in [4.69, 9.17) is 0 Å². The Balaban J connectivity index is 1.49. The van der Waals surface area contributed by atoms with E-state index < -0.39 is 0 Å². The molecule has 0 unspecified atom stereocenters. The Bertz CT molecular complexity index is 793. The normalized spacial score (nSPS) is 13.1. The summed E-state index contributed by atoms with van der Waals surface area (Å²) >= 11 is 3.17. The van der Waals surface area contributed by atoms with Gasteiger partial charge in [-0.15, -0.1) is 23.1 Å². The predicted octanol–water partition coefficient (Wildman–Crippen LogP) is 5.15. The number of fused-ring (bicyclic) bond motifs is 1. The van der Waals surface area contributed by atoms with Gasteiger partial charge in [0.2, 0.25) is 5.91 Å². The molecule has 0 spiro atoms. The molecule has 2 aromatic rings. The fraction of sp³-hybridized carbons (Fsp3) is 0.368. The molecule has 1 aromatic carbocycles. The molecule has 0 fully saturated rings. The average Bonchev–Trinajstić information content (AvgIpc) is 2.97. The van der Waals surface area contributed by atoms with Crippen molar-refractivity contribution >= 4 is 34.0 Å². The number of amides is 1. The van der Waals surface area contributed by atoms with Crippen molar-refractivity contribution in [3.63, 3.8) is 0 Å². The predicted molar refractivity (Wildman–Crippen MR) is 101 cm³/mol. The number of aryl methyl sites for hydroxylation is 1. The zero-order valence-corrected chi connectivity index (χ0v) is 15.4. The van der Waals surface area contributed by atoms with E-state index in [0.29, 0.717) is 17.0 Å². The summed E-state index contributed by atoms with van der Waals surface area (Å²) < 4.78 is 12.9. The minimum Gasteiger partial charge on any atom is -0.317 e. The SMILES string of the molecule is N#Cc1c(NC(=O)CCCSc2ccc(F)cc2)sc2c1CCCC2. The third kappa shape index (κ3) is 4.62. The summed E-state index contributed by atoms with van der Waals surface area (Å²) in [4.78, 5) is 14.4. The molecule has 0 atom stereocenters. The van der Waals surface area contributed by atoms with Crippen LogP contribution < -0.4 is 5.32 Å². The second-order valence-electron chi connectivity index (χ2n) is 5.98. The van der Waals surface area contributed by atoms with Crippen LogP contribution in [0.4, 0.5) is 9.39 Å².